The van der Waals surface area contributed by atoms with Crippen LogP contribution in [0.5, 0.6) is 5.75 Å². The number of thioether (sulfide) groups is 1. The SMILES string of the molecule is CCCCCOc1c(Cl)cc(C(=O)Nc2nnc(SCc3cccc(C)c3)s2)cc1Cl. The third-order valence-electron chi connectivity index (χ3n) is 4.33. The van der Waals surface area contributed by atoms with Gasteiger partial charge >= 0.3 is 0 Å². The van der Waals surface area contributed by atoms with Gasteiger partial charge in [-0.05, 0) is 31.0 Å². The number of unbranched alkanes of at least 4 members (excludes halogenated alkanes) is 2. The molecule has 1 N–H and O–H groups in total. The number of amides is 1. The van der Waals surface area contributed by atoms with Crippen LogP contribution in [0.3, 0.4) is 0 Å². The van der Waals surface area contributed by atoms with E-state index in [0.29, 0.717) is 33.1 Å². The van der Waals surface area contributed by atoms with Crippen LogP contribution in [-0.4, -0.2) is 22.7 Å². The second kappa shape index (κ2) is 11.7. The van der Waals surface area contributed by atoms with E-state index in [1.807, 2.05) is 6.07 Å². The Kier molecular flexibility index (Phi) is 9.02. The standard InChI is InChI=1S/C22H23Cl2N3O2S2/c1-3-4-5-9-29-19-17(23)11-16(12-18(19)24)20(28)25-21-26-27-22(31-21)30-13-15-8-6-7-14(2)10-15/h6-8,10-12H,3-5,9,13H2,1-2H3,(H,25,26,28). The second-order valence-electron chi connectivity index (χ2n) is 6.93. The molecule has 0 fully saturated rings. The van der Waals surface area contributed by atoms with Crippen molar-refractivity contribution in [2.24, 2.45) is 0 Å². The largest absolute Gasteiger partial charge is 0.490 e. The summed E-state index contributed by atoms with van der Waals surface area (Å²) in [6, 6.07) is 11.4. The highest BCUT2D eigenvalue weighted by molar-refractivity contribution is 8.00. The number of carbonyl (C=O) groups is 1. The maximum absolute atomic E-state index is 12.6. The summed E-state index contributed by atoms with van der Waals surface area (Å²) in [5.74, 6) is 0.837. The van der Waals surface area contributed by atoms with Crippen molar-refractivity contribution in [1.29, 1.82) is 0 Å². The Labute approximate surface area is 200 Å². The molecule has 0 saturated carbocycles. The van der Waals surface area contributed by atoms with E-state index in [1.165, 1.54) is 22.5 Å². The molecular weight excluding hydrogens is 473 g/mol. The Bertz CT molecular complexity index is 1020. The average molecular weight is 496 g/mol. The van der Waals surface area contributed by atoms with Gasteiger partial charge in [0.25, 0.3) is 5.91 Å². The number of anilines is 1. The fraction of sp³-hybridized carbons (Fsp3) is 0.318. The van der Waals surface area contributed by atoms with Gasteiger partial charge in [0.05, 0.1) is 16.7 Å². The molecule has 0 aliphatic carbocycles. The summed E-state index contributed by atoms with van der Waals surface area (Å²) < 4.78 is 6.46. The number of carbonyl (C=O) groups excluding carboxylic acids is 1. The average Bonchev–Trinajstić information content (AvgIpc) is 3.18. The van der Waals surface area contributed by atoms with Gasteiger partial charge < -0.3 is 4.74 Å². The number of hydrogen-bond acceptors (Lipinski definition) is 6. The third kappa shape index (κ3) is 7.10. The quantitative estimate of drug-likeness (QED) is 0.182. The Morgan fingerprint density at radius 1 is 1.16 bits per heavy atom. The lowest BCUT2D eigenvalue weighted by atomic mass is 10.2. The lowest BCUT2D eigenvalue weighted by Gasteiger charge is -2.11. The third-order valence-corrected chi connectivity index (χ3v) is 6.93. The number of nitrogens with zero attached hydrogens (tertiary/aromatic N) is 2. The molecule has 0 radical (unpaired) electrons. The minimum atomic E-state index is -0.354. The van der Waals surface area contributed by atoms with E-state index < -0.39 is 0 Å². The van der Waals surface area contributed by atoms with Gasteiger partial charge in [0.1, 0.15) is 0 Å². The molecule has 0 saturated heterocycles. The zero-order chi connectivity index (χ0) is 22.2. The number of nitrogens with one attached hydrogen (secondary N) is 1. The van der Waals surface area contributed by atoms with Gasteiger partial charge in [-0.3, -0.25) is 10.1 Å². The van der Waals surface area contributed by atoms with Crippen LogP contribution in [0.1, 0.15) is 47.7 Å². The van der Waals surface area contributed by atoms with Gasteiger partial charge in [-0.25, -0.2) is 0 Å². The number of benzene rings is 2. The highest BCUT2D eigenvalue weighted by Gasteiger charge is 2.16. The van der Waals surface area contributed by atoms with Crippen LogP contribution < -0.4 is 10.1 Å². The Morgan fingerprint density at radius 2 is 1.94 bits per heavy atom. The number of halogens is 2. The molecule has 1 heterocycles. The lowest BCUT2D eigenvalue weighted by molar-refractivity contribution is 0.102. The van der Waals surface area contributed by atoms with Crippen molar-refractivity contribution in [2.75, 3.05) is 11.9 Å². The summed E-state index contributed by atoms with van der Waals surface area (Å²) in [6.45, 7) is 4.72. The highest BCUT2D eigenvalue weighted by Crippen LogP contribution is 2.35. The minimum Gasteiger partial charge on any atom is -0.490 e. The lowest BCUT2D eigenvalue weighted by Crippen LogP contribution is -2.12. The molecule has 0 spiro atoms. The molecule has 3 rings (SSSR count). The number of ether oxygens (including phenoxy) is 1. The monoisotopic (exact) mass is 495 g/mol. The van der Waals surface area contributed by atoms with Crippen molar-refractivity contribution in [3.63, 3.8) is 0 Å². The number of rotatable bonds is 10. The van der Waals surface area contributed by atoms with Gasteiger partial charge in [0, 0.05) is 11.3 Å². The molecular formula is C22H23Cl2N3O2S2. The van der Waals surface area contributed by atoms with Crippen LogP contribution in [0, 0.1) is 6.92 Å². The molecule has 164 valence electrons. The van der Waals surface area contributed by atoms with E-state index >= 15 is 0 Å². The van der Waals surface area contributed by atoms with Gasteiger partial charge in [0.15, 0.2) is 10.1 Å². The van der Waals surface area contributed by atoms with Crippen molar-refractivity contribution in [2.45, 2.75) is 43.2 Å². The van der Waals surface area contributed by atoms with Crippen molar-refractivity contribution in [3.8, 4) is 5.75 Å². The molecule has 31 heavy (non-hydrogen) atoms. The van der Waals surface area contributed by atoms with Crippen molar-refractivity contribution >= 4 is 57.3 Å². The van der Waals surface area contributed by atoms with Crippen molar-refractivity contribution in [3.05, 3.63) is 63.1 Å². The predicted octanol–water partition coefficient (Wildman–Crippen LogP) is 7.27. The number of aryl methyl sites for hydroxylation is 1. The van der Waals surface area contributed by atoms with Crippen LogP contribution in [-0.2, 0) is 5.75 Å². The summed E-state index contributed by atoms with van der Waals surface area (Å²) in [7, 11) is 0. The van der Waals surface area contributed by atoms with E-state index in [0.717, 1.165) is 29.4 Å². The molecule has 0 unspecified atom stereocenters. The molecule has 2 aromatic carbocycles. The second-order valence-corrected chi connectivity index (χ2v) is 9.94. The van der Waals surface area contributed by atoms with Crippen LogP contribution in [0.4, 0.5) is 5.13 Å². The Morgan fingerprint density at radius 3 is 2.65 bits per heavy atom. The fourth-order valence-corrected chi connectivity index (χ4v) is 5.08. The zero-order valence-corrected chi connectivity index (χ0v) is 20.4. The van der Waals surface area contributed by atoms with E-state index in [-0.39, 0.29) is 5.91 Å². The van der Waals surface area contributed by atoms with Gasteiger partial charge in [-0.15, -0.1) is 10.2 Å². The highest BCUT2D eigenvalue weighted by atomic mass is 35.5. The van der Waals surface area contributed by atoms with Crippen molar-refractivity contribution in [1.82, 2.24) is 10.2 Å². The molecule has 5 nitrogen and oxygen atoms in total. The molecule has 0 aliphatic rings. The summed E-state index contributed by atoms with van der Waals surface area (Å²) in [5, 5.41) is 12.0. The van der Waals surface area contributed by atoms with E-state index in [9.17, 15) is 4.79 Å². The van der Waals surface area contributed by atoms with Gasteiger partial charge in [-0.2, -0.15) is 0 Å². The van der Waals surface area contributed by atoms with Crippen LogP contribution in [0.25, 0.3) is 0 Å². The van der Waals surface area contributed by atoms with Gasteiger partial charge in [0.2, 0.25) is 5.13 Å². The van der Waals surface area contributed by atoms with Crippen molar-refractivity contribution < 1.29 is 9.53 Å². The number of aromatic nitrogens is 2. The molecule has 3 aromatic rings. The smallest absolute Gasteiger partial charge is 0.257 e. The molecule has 0 bridgehead atoms. The van der Waals surface area contributed by atoms with Crippen LogP contribution >= 0.6 is 46.3 Å². The minimum absolute atomic E-state index is 0.306. The maximum Gasteiger partial charge on any atom is 0.257 e. The summed E-state index contributed by atoms with van der Waals surface area (Å²) >= 11 is 15.5. The normalized spacial score (nSPS) is 10.8. The molecule has 1 amide bonds. The zero-order valence-electron chi connectivity index (χ0n) is 17.3. The van der Waals surface area contributed by atoms with E-state index in [1.54, 1.807) is 23.9 Å². The first-order valence-corrected chi connectivity index (χ1v) is 12.5. The number of hydrogen-bond donors (Lipinski definition) is 1. The van der Waals surface area contributed by atoms with E-state index in [2.05, 4.69) is 47.6 Å². The maximum atomic E-state index is 12.6. The van der Waals surface area contributed by atoms with Crippen LogP contribution in [0.2, 0.25) is 10.0 Å². The Hall–Kier alpha value is -1.80. The van der Waals surface area contributed by atoms with Crippen LogP contribution in [0.15, 0.2) is 40.7 Å². The Balaban J connectivity index is 1.58. The van der Waals surface area contributed by atoms with Gasteiger partial charge in [-0.1, -0.05) is 95.9 Å². The topological polar surface area (TPSA) is 64.1 Å². The first-order chi connectivity index (χ1) is 15.0. The summed E-state index contributed by atoms with van der Waals surface area (Å²) in [6.07, 6.45) is 3.09. The first-order valence-electron chi connectivity index (χ1n) is 9.91. The van der Waals surface area contributed by atoms with E-state index in [4.69, 9.17) is 27.9 Å². The molecule has 0 aliphatic heterocycles. The molecule has 0 atom stereocenters. The summed E-state index contributed by atoms with van der Waals surface area (Å²) in [4.78, 5) is 12.6. The predicted molar refractivity (Wildman–Crippen MR) is 130 cm³/mol. The first kappa shape index (κ1) is 23.9. The fourth-order valence-electron chi connectivity index (χ4n) is 2.79. The summed E-state index contributed by atoms with van der Waals surface area (Å²) in [5.41, 5.74) is 2.77. The molecule has 1 aromatic heterocycles. The molecule has 9 heteroatoms.